The van der Waals surface area contributed by atoms with Gasteiger partial charge < -0.3 is 14.8 Å². The Bertz CT molecular complexity index is 911. The zero-order valence-electron chi connectivity index (χ0n) is 17.4. The molecule has 7 nitrogen and oxygen atoms in total. The summed E-state index contributed by atoms with van der Waals surface area (Å²) in [6.45, 7) is 5.52. The van der Waals surface area contributed by atoms with Crippen LogP contribution in [0.5, 0.6) is 11.5 Å². The molecule has 0 aliphatic rings. The Morgan fingerprint density at radius 1 is 1.03 bits per heavy atom. The Kier molecular flexibility index (Phi) is 7.50. The van der Waals surface area contributed by atoms with Gasteiger partial charge in [0.15, 0.2) is 0 Å². The number of amides is 1. The smallest absolute Gasteiger partial charge is 0.243 e. The lowest BCUT2D eigenvalue weighted by molar-refractivity contribution is -0.122. The molecule has 0 aliphatic carbocycles. The fourth-order valence-corrected chi connectivity index (χ4v) is 3.97. The van der Waals surface area contributed by atoms with Crippen LogP contribution in [-0.2, 0) is 14.8 Å². The predicted octanol–water partition coefficient (Wildman–Crippen LogP) is 2.74. The summed E-state index contributed by atoms with van der Waals surface area (Å²) >= 11 is 0. The molecule has 0 unspecified atom stereocenters. The number of sulfonamides is 1. The highest BCUT2D eigenvalue weighted by molar-refractivity contribution is 7.92. The van der Waals surface area contributed by atoms with E-state index >= 15 is 0 Å². The number of rotatable bonds is 9. The summed E-state index contributed by atoms with van der Waals surface area (Å²) in [5.74, 6) is 0.976. The molecule has 0 saturated carbocycles. The van der Waals surface area contributed by atoms with Crippen molar-refractivity contribution in [2.24, 2.45) is 0 Å². The lowest BCUT2D eigenvalue weighted by Gasteiger charge is -2.29. The molecule has 8 heteroatoms. The number of anilines is 1. The summed E-state index contributed by atoms with van der Waals surface area (Å²) in [7, 11) is -2.06. The van der Waals surface area contributed by atoms with E-state index < -0.39 is 22.0 Å². The molecule has 0 radical (unpaired) electrons. The standard InChI is InChI=1S/C21H28N2O5S/c1-15-6-8-18(9-7-15)23(29(5,25)26)17(3)21(24)22-16(2)14-28-20-12-10-19(27-4)11-13-20/h6-13,16-17H,14H2,1-5H3,(H,22,24)/t16-,17-/m1/s1. The summed E-state index contributed by atoms with van der Waals surface area (Å²) in [5, 5.41) is 2.81. The summed E-state index contributed by atoms with van der Waals surface area (Å²) in [4.78, 5) is 12.7. The molecule has 1 amide bonds. The number of ether oxygens (including phenoxy) is 2. The van der Waals surface area contributed by atoms with E-state index in [1.165, 1.54) is 0 Å². The average molecular weight is 421 g/mol. The van der Waals surface area contributed by atoms with Crippen LogP contribution in [0.2, 0.25) is 0 Å². The SMILES string of the molecule is COc1ccc(OC[C@@H](C)NC(=O)[C@@H](C)N(c2ccc(C)cc2)S(C)(=O)=O)cc1. The van der Waals surface area contributed by atoms with E-state index in [0.717, 1.165) is 21.9 Å². The second kappa shape index (κ2) is 9.65. The molecule has 1 N–H and O–H groups in total. The van der Waals surface area contributed by atoms with Crippen LogP contribution in [0.15, 0.2) is 48.5 Å². The molecule has 29 heavy (non-hydrogen) atoms. The number of hydrogen-bond donors (Lipinski definition) is 1. The Morgan fingerprint density at radius 3 is 2.10 bits per heavy atom. The van der Waals surface area contributed by atoms with Gasteiger partial charge in [-0.25, -0.2) is 8.42 Å². The predicted molar refractivity (Wildman–Crippen MR) is 114 cm³/mol. The maximum absolute atomic E-state index is 12.7. The largest absolute Gasteiger partial charge is 0.497 e. The van der Waals surface area contributed by atoms with Crippen molar-refractivity contribution in [2.45, 2.75) is 32.9 Å². The first-order valence-corrected chi connectivity index (χ1v) is 11.1. The first-order valence-electron chi connectivity index (χ1n) is 9.25. The molecule has 158 valence electrons. The van der Waals surface area contributed by atoms with E-state index in [-0.39, 0.29) is 12.6 Å². The number of aryl methyl sites for hydroxylation is 1. The number of nitrogens with zero attached hydrogens (tertiary/aromatic N) is 1. The minimum absolute atomic E-state index is 0.244. The van der Waals surface area contributed by atoms with E-state index in [9.17, 15) is 13.2 Å². The van der Waals surface area contributed by atoms with Crippen LogP contribution in [0.1, 0.15) is 19.4 Å². The molecule has 2 aromatic rings. The van der Waals surface area contributed by atoms with Gasteiger partial charge in [0.25, 0.3) is 0 Å². The number of hydrogen-bond acceptors (Lipinski definition) is 5. The minimum Gasteiger partial charge on any atom is -0.497 e. The second-order valence-electron chi connectivity index (χ2n) is 6.97. The van der Waals surface area contributed by atoms with Gasteiger partial charge in [-0.2, -0.15) is 0 Å². The van der Waals surface area contributed by atoms with E-state index in [1.807, 2.05) is 19.1 Å². The highest BCUT2D eigenvalue weighted by atomic mass is 32.2. The third-order valence-electron chi connectivity index (χ3n) is 4.33. The molecule has 2 rings (SSSR count). The van der Waals surface area contributed by atoms with Crippen LogP contribution in [0.25, 0.3) is 0 Å². The monoisotopic (exact) mass is 420 g/mol. The molecule has 0 aromatic heterocycles. The lowest BCUT2D eigenvalue weighted by Crippen LogP contribution is -2.50. The maximum Gasteiger partial charge on any atom is 0.243 e. The van der Waals surface area contributed by atoms with Gasteiger partial charge in [-0.05, 0) is 57.2 Å². The Labute approximate surface area is 172 Å². The van der Waals surface area contributed by atoms with Crippen molar-refractivity contribution >= 4 is 21.6 Å². The zero-order chi connectivity index (χ0) is 21.6. The Balaban J connectivity index is 2.01. The highest BCUT2D eigenvalue weighted by Gasteiger charge is 2.29. The number of nitrogens with one attached hydrogen (secondary N) is 1. The van der Waals surface area contributed by atoms with Crippen LogP contribution in [0.3, 0.4) is 0 Å². The van der Waals surface area contributed by atoms with Gasteiger partial charge in [-0.15, -0.1) is 0 Å². The molecular formula is C21H28N2O5S. The number of benzene rings is 2. The van der Waals surface area contributed by atoms with Crippen molar-refractivity contribution in [1.82, 2.24) is 5.32 Å². The first-order chi connectivity index (χ1) is 13.6. The zero-order valence-corrected chi connectivity index (χ0v) is 18.2. The van der Waals surface area contributed by atoms with E-state index in [0.29, 0.717) is 11.4 Å². The normalized spacial score (nSPS) is 13.3. The van der Waals surface area contributed by atoms with Crippen molar-refractivity contribution in [3.8, 4) is 11.5 Å². The number of carbonyl (C=O) groups is 1. The molecule has 2 atom stereocenters. The van der Waals surface area contributed by atoms with Crippen molar-refractivity contribution in [1.29, 1.82) is 0 Å². The molecule has 2 aromatic carbocycles. The van der Waals surface area contributed by atoms with Gasteiger partial charge in [-0.3, -0.25) is 9.10 Å². The van der Waals surface area contributed by atoms with Crippen molar-refractivity contribution in [3.63, 3.8) is 0 Å². The lowest BCUT2D eigenvalue weighted by atomic mass is 10.2. The summed E-state index contributed by atoms with van der Waals surface area (Å²) in [6.07, 6.45) is 1.09. The first kappa shape index (κ1) is 22.5. The number of carbonyl (C=O) groups excluding carboxylic acids is 1. The highest BCUT2D eigenvalue weighted by Crippen LogP contribution is 2.21. The molecule has 0 bridgehead atoms. The Morgan fingerprint density at radius 2 is 1.59 bits per heavy atom. The van der Waals surface area contributed by atoms with Crippen LogP contribution in [0, 0.1) is 6.92 Å². The van der Waals surface area contributed by atoms with Gasteiger partial charge in [0.2, 0.25) is 15.9 Å². The van der Waals surface area contributed by atoms with E-state index in [1.54, 1.807) is 57.4 Å². The van der Waals surface area contributed by atoms with Crippen LogP contribution >= 0.6 is 0 Å². The molecular weight excluding hydrogens is 392 g/mol. The van der Waals surface area contributed by atoms with Crippen molar-refractivity contribution < 1.29 is 22.7 Å². The maximum atomic E-state index is 12.7. The number of methoxy groups -OCH3 is 1. The van der Waals surface area contributed by atoms with Gasteiger partial charge in [0.1, 0.15) is 24.1 Å². The third kappa shape index (κ3) is 6.39. The summed E-state index contributed by atoms with van der Waals surface area (Å²) in [5.41, 5.74) is 1.45. The van der Waals surface area contributed by atoms with Gasteiger partial charge in [0.05, 0.1) is 25.1 Å². The topological polar surface area (TPSA) is 84.9 Å². The van der Waals surface area contributed by atoms with Crippen LogP contribution in [-0.4, -0.2) is 46.4 Å². The second-order valence-corrected chi connectivity index (χ2v) is 8.83. The Hall–Kier alpha value is -2.74. The van der Waals surface area contributed by atoms with Crippen LogP contribution in [0.4, 0.5) is 5.69 Å². The van der Waals surface area contributed by atoms with Crippen molar-refractivity contribution in [3.05, 3.63) is 54.1 Å². The van der Waals surface area contributed by atoms with Gasteiger partial charge >= 0.3 is 0 Å². The van der Waals surface area contributed by atoms with Gasteiger partial charge in [-0.1, -0.05) is 17.7 Å². The van der Waals surface area contributed by atoms with E-state index in [2.05, 4.69) is 5.32 Å². The third-order valence-corrected chi connectivity index (χ3v) is 5.57. The quantitative estimate of drug-likeness (QED) is 0.674. The van der Waals surface area contributed by atoms with E-state index in [4.69, 9.17) is 9.47 Å². The molecule has 0 aliphatic heterocycles. The summed E-state index contributed by atoms with van der Waals surface area (Å²) < 4.78 is 36.5. The molecule has 0 fully saturated rings. The molecule has 0 heterocycles. The van der Waals surface area contributed by atoms with Crippen molar-refractivity contribution in [2.75, 3.05) is 24.3 Å². The fraction of sp³-hybridized carbons (Fsp3) is 0.381. The van der Waals surface area contributed by atoms with Crippen LogP contribution < -0.4 is 19.1 Å². The van der Waals surface area contributed by atoms with Gasteiger partial charge in [0, 0.05) is 0 Å². The molecule has 0 saturated heterocycles. The summed E-state index contributed by atoms with van der Waals surface area (Å²) in [6, 6.07) is 12.9. The fourth-order valence-electron chi connectivity index (χ4n) is 2.80. The molecule has 0 spiro atoms. The minimum atomic E-state index is -3.64. The average Bonchev–Trinajstić information content (AvgIpc) is 2.67.